The zero-order chi connectivity index (χ0) is 6.69. The van der Waals surface area contributed by atoms with E-state index in [1.54, 1.807) is 4.31 Å². The molecule has 1 aliphatic rings. The fourth-order valence-corrected chi connectivity index (χ4v) is 1.33. The molecule has 4 heteroatoms. The summed E-state index contributed by atoms with van der Waals surface area (Å²) in [6.07, 6.45) is -0.193. The minimum absolute atomic E-state index is 0.193. The minimum Gasteiger partial charge on any atom is -0.447 e. The zero-order valence-corrected chi connectivity index (χ0v) is 6.11. The van der Waals surface area contributed by atoms with Gasteiger partial charge in [0.05, 0.1) is 6.54 Å². The molecule has 1 rings (SSSR count). The second-order valence-electron chi connectivity index (χ2n) is 1.63. The molecule has 0 atom stereocenters. The summed E-state index contributed by atoms with van der Waals surface area (Å²) in [6.45, 7) is 3.29. The average Bonchev–Trinajstić information content (AvgIpc) is 2.18. The summed E-state index contributed by atoms with van der Waals surface area (Å²) >= 11 is 1.51. The van der Waals surface area contributed by atoms with Crippen molar-refractivity contribution in [1.82, 2.24) is 4.31 Å². The van der Waals surface area contributed by atoms with Crippen LogP contribution in [0.4, 0.5) is 4.79 Å². The zero-order valence-electron chi connectivity index (χ0n) is 5.29. The third-order valence-corrected chi connectivity index (χ3v) is 1.91. The van der Waals surface area contributed by atoms with Gasteiger partial charge in [-0.25, -0.2) is 9.10 Å². The standard InChI is InChI=1S/C5H9NO2S/c1-2-9-6-3-4-8-5(6)7/h2-4H2,1H3. The van der Waals surface area contributed by atoms with Crippen molar-refractivity contribution in [2.75, 3.05) is 18.9 Å². The predicted octanol–water partition coefficient (Wildman–Crippen LogP) is 1.11. The van der Waals surface area contributed by atoms with Gasteiger partial charge in [-0.3, -0.25) is 0 Å². The van der Waals surface area contributed by atoms with E-state index in [-0.39, 0.29) is 6.09 Å². The van der Waals surface area contributed by atoms with Crippen LogP contribution in [0.2, 0.25) is 0 Å². The van der Waals surface area contributed by atoms with E-state index in [4.69, 9.17) is 0 Å². The molecular formula is C5H9NO2S. The quantitative estimate of drug-likeness (QED) is 0.548. The van der Waals surface area contributed by atoms with E-state index in [0.29, 0.717) is 6.61 Å². The van der Waals surface area contributed by atoms with Crippen LogP contribution in [0.25, 0.3) is 0 Å². The lowest BCUT2D eigenvalue weighted by atomic mass is 10.7. The van der Waals surface area contributed by atoms with Gasteiger partial charge in [-0.15, -0.1) is 0 Å². The van der Waals surface area contributed by atoms with Crippen molar-refractivity contribution in [2.45, 2.75) is 6.92 Å². The fourth-order valence-electron chi connectivity index (χ4n) is 0.652. The second kappa shape index (κ2) is 2.96. The Kier molecular flexibility index (Phi) is 2.22. The summed E-state index contributed by atoms with van der Waals surface area (Å²) in [6, 6.07) is 0. The number of nitrogens with zero attached hydrogens (tertiary/aromatic N) is 1. The lowest BCUT2D eigenvalue weighted by Crippen LogP contribution is -2.15. The van der Waals surface area contributed by atoms with Crippen LogP contribution in [0.15, 0.2) is 0 Å². The van der Waals surface area contributed by atoms with E-state index in [0.717, 1.165) is 12.3 Å². The maximum atomic E-state index is 10.6. The Labute approximate surface area is 58.5 Å². The van der Waals surface area contributed by atoms with Gasteiger partial charge in [0, 0.05) is 5.75 Å². The van der Waals surface area contributed by atoms with E-state index in [1.165, 1.54) is 11.9 Å². The highest BCUT2D eigenvalue weighted by Gasteiger charge is 2.21. The Morgan fingerprint density at radius 2 is 2.67 bits per heavy atom. The first-order valence-electron chi connectivity index (χ1n) is 2.92. The summed E-state index contributed by atoms with van der Waals surface area (Å²) < 4.78 is 6.32. The molecule has 0 unspecified atom stereocenters. The molecule has 9 heavy (non-hydrogen) atoms. The van der Waals surface area contributed by atoms with Crippen molar-refractivity contribution in [1.29, 1.82) is 0 Å². The topological polar surface area (TPSA) is 29.5 Å². The van der Waals surface area contributed by atoms with Gasteiger partial charge < -0.3 is 4.74 Å². The van der Waals surface area contributed by atoms with Crippen LogP contribution < -0.4 is 0 Å². The third-order valence-electron chi connectivity index (χ3n) is 1.01. The fraction of sp³-hybridized carbons (Fsp3) is 0.800. The van der Waals surface area contributed by atoms with Crippen molar-refractivity contribution in [3.05, 3.63) is 0 Å². The first-order chi connectivity index (χ1) is 4.34. The van der Waals surface area contributed by atoms with Crippen molar-refractivity contribution < 1.29 is 9.53 Å². The maximum absolute atomic E-state index is 10.6. The van der Waals surface area contributed by atoms with Gasteiger partial charge in [-0.2, -0.15) is 0 Å². The van der Waals surface area contributed by atoms with Gasteiger partial charge in [0.2, 0.25) is 0 Å². The van der Waals surface area contributed by atoms with Crippen LogP contribution in [-0.4, -0.2) is 29.3 Å². The monoisotopic (exact) mass is 147 g/mol. The number of cyclic esters (lactones) is 1. The molecule has 0 bridgehead atoms. The number of carbonyl (C=O) groups is 1. The van der Waals surface area contributed by atoms with E-state index in [2.05, 4.69) is 4.74 Å². The highest BCUT2D eigenvalue weighted by molar-refractivity contribution is 7.97. The molecule has 1 aliphatic heterocycles. The highest BCUT2D eigenvalue weighted by Crippen LogP contribution is 2.14. The number of rotatable bonds is 2. The Morgan fingerprint density at radius 1 is 1.89 bits per heavy atom. The molecule has 0 aliphatic carbocycles. The van der Waals surface area contributed by atoms with Crippen LogP contribution in [0, 0.1) is 0 Å². The smallest absolute Gasteiger partial charge is 0.420 e. The van der Waals surface area contributed by atoms with Crippen molar-refractivity contribution in [3.8, 4) is 0 Å². The van der Waals surface area contributed by atoms with Crippen LogP contribution in [-0.2, 0) is 4.74 Å². The van der Waals surface area contributed by atoms with Crippen LogP contribution in [0.3, 0.4) is 0 Å². The van der Waals surface area contributed by atoms with Crippen LogP contribution >= 0.6 is 11.9 Å². The SMILES string of the molecule is CCSN1CCOC1=O. The minimum atomic E-state index is -0.193. The molecular weight excluding hydrogens is 138 g/mol. The molecule has 0 aromatic rings. The molecule has 0 aromatic heterocycles. The normalized spacial score (nSPS) is 18.3. The van der Waals surface area contributed by atoms with Crippen LogP contribution in [0.1, 0.15) is 6.92 Å². The summed E-state index contributed by atoms with van der Waals surface area (Å²) in [5.41, 5.74) is 0. The van der Waals surface area contributed by atoms with E-state index in [9.17, 15) is 4.79 Å². The summed E-state index contributed by atoms with van der Waals surface area (Å²) in [5, 5.41) is 0. The van der Waals surface area contributed by atoms with Gasteiger partial charge in [-0.1, -0.05) is 6.92 Å². The highest BCUT2D eigenvalue weighted by atomic mass is 32.2. The van der Waals surface area contributed by atoms with Gasteiger partial charge >= 0.3 is 6.09 Å². The molecule has 0 saturated carbocycles. The molecule has 1 fully saturated rings. The number of hydrogen-bond acceptors (Lipinski definition) is 3. The summed E-state index contributed by atoms with van der Waals surface area (Å²) in [5.74, 6) is 0.926. The molecule has 1 amide bonds. The lowest BCUT2D eigenvalue weighted by Gasteiger charge is -2.07. The van der Waals surface area contributed by atoms with Crippen molar-refractivity contribution >= 4 is 18.0 Å². The molecule has 52 valence electrons. The first-order valence-corrected chi connectivity index (χ1v) is 3.86. The van der Waals surface area contributed by atoms with Crippen LogP contribution in [0.5, 0.6) is 0 Å². The van der Waals surface area contributed by atoms with E-state index in [1.807, 2.05) is 6.92 Å². The van der Waals surface area contributed by atoms with Crippen molar-refractivity contribution in [3.63, 3.8) is 0 Å². The predicted molar refractivity (Wildman–Crippen MR) is 36.2 cm³/mol. The Balaban J connectivity index is 2.31. The van der Waals surface area contributed by atoms with Crippen molar-refractivity contribution in [2.24, 2.45) is 0 Å². The number of hydrogen-bond donors (Lipinski definition) is 0. The molecule has 0 radical (unpaired) electrons. The second-order valence-corrected chi connectivity index (χ2v) is 2.91. The van der Waals surface area contributed by atoms with Gasteiger partial charge in [0.15, 0.2) is 0 Å². The molecule has 1 saturated heterocycles. The molecule has 0 spiro atoms. The number of ether oxygens (including phenoxy) is 1. The molecule has 0 aromatic carbocycles. The summed E-state index contributed by atoms with van der Waals surface area (Å²) in [4.78, 5) is 10.6. The molecule has 0 N–H and O–H groups in total. The largest absolute Gasteiger partial charge is 0.447 e. The maximum Gasteiger partial charge on any atom is 0.420 e. The van der Waals surface area contributed by atoms with Gasteiger partial charge in [0.25, 0.3) is 0 Å². The van der Waals surface area contributed by atoms with Gasteiger partial charge in [-0.05, 0) is 11.9 Å². The third kappa shape index (κ3) is 1.51. The Hall–Kier alpha value is -0.380. The molecule has 3 nitrogen and oxygen atoms in total. The number of carbonyl (C=O) groups excluding carboxylic acids is 1. The number of amides is 1. The Bertz CT molecular complexity index is 118. The average molecular weight is 147 g/mol. The van der Waals surface area contributed by atoms with E-state index < -0.39 is 0 Å². The molecule has 1 heterocycles. The first kappa shape index (κ1) is 6.74. The summed E-state index contributed by atoms with van der Waals surface area (Å²) in [7, 11) is 0. The lowest BCUT2D eigenvalue weighted by molar-refractivity contribution is 0.171. The van der Waals surface area contributed by atoms with Gasteiger partial charge in [0.1, 0.15) is 6.61 Å². The Morgan fingerprint density at radius 3 is 3.11 bits per heavy atom. The van der Waals surface area contributed by atoms with E-state index >= 15 is 0 Å².